The number of aryl methyl sites for hydroxylation is 1. The molecular formula is C12H13BrN2. The van der Waals surface area contributed by atoms with Crippen molar-refractivity contribution in [1.29, 1.82) is 0 Å². The number of hydrogen-bond donors (Lipinski definition) is 1. The van der Waals surface area contributed by atoms with Gasteiger partial charge in [0.25, 0.3) is 0 Å². The van der Waals surface area contributed by atoms with E-state index in [2.05, 4.69) is 33.0 Å². The van der Waals surface area contributed by atoms with Gasteiger partial charge in [0.05, 0.1) is 11.2 Å². The summed E-state index contributed by atoms with van der Waals surface area (Å²) in [6.45, 7) is 0.709. The van der Waals surface area contributed by atoms with Gasteiger partial charge in [0.15, 0.2) is 0 Å². The molecule has 3 heteroatoms. The molecule has 0 atom stereocenters. The molecule has 0 spiro atoms. The van der Waals surface area contributed by atoms with Crippen molar-refractivity contribution in [3.63, 3.8) is 0 Å². The van der Waals surface area contributed by atoms with Gasteiger partial charge in [-0.05, 0) is 47.4 Å². The molecule has 0 unspecified atom stereocenters. The molecule has 0 fully saturated rings. The summed E-state index contributed by atoms with van der Waals surface area (Å²) in [4.78, 5) is 4.61. The lowest BCUT2D eigenvalue weighted by molar-refractivity contribution is 0.811. The van der Waals surface area contributed by atoms with Crippen molar-refractivity contribution in [2.24, 2.45) is 5.73 Å². The average molecular weight is 265 g/mol. The highest BCUT2D eigenvalue weighted by molar-refractivity contribution is 9.10. The second-order valence-electron chi connectivity index (χ2n) is 3.50. The largest absolute Gasteiger partial charge is 0.330 e. The number of rotatable bonds is 3. The molecule has 0 saturated heterocycles. The molecule has 2 rings (SSSR count). The maximum atomic E-state index is 5.50. The zero-order valence-electron chi connectivity index (χ0n) is 8.41. The van der Waals surface area contributed by atoms with Crippen LogP contribution in [0.25, 0.3) is 10.9 Å². The lowest BCUT2D eigenvalue weighted by atomic mass is 10.1. The highest BCUT2D eigenvalue weighted by Gasteiger charge is 2.03. The highest BCUT2D eigenvalue weighted by atomic mass is 79.9. The van der Waals surface area contributed by atoms with E-state index in [4.69, 9.17) is 5.73 Å². The minimum Gasteiger partial charge on any atom is -0.330 e. The lowest BCUT2D eigenvalue weighted by Crippen LogP contribution is -2.02. The van der Waals surface area contributed by atoms with Crippen LogP contribution in [0.15, 0.2) is 34.8 Å². The van der Waals surface area contributed by atoms with E-state index in [1.165, 1.54) is 5.39 Å². The summed E-state index contributed by atoms with van der Waals surface area (Å²) in [5.41, 5.74) is 7.64. The van der Waals surface area contributed by atoms with Crippen molar-refractivity contribution in [3.05, 3.63) is 40.5 Å². The van der Waals surface area contributed by atoms with E-state index in [1.54, 1.807) is 0 Å². The Labute approximate surface area is 97.6 Å². The summed E-state index contributed by atoms with van der Waals surface area (Å²) in [5.74, 6) is 0. The number of halogens is 1. The first-order valence-electron chi connectivity index (χ1n) is 5.05. The van der Waals surface area contributed by atoms with Crippen LogP contribution in [0.5, 0.6) is 0 Å². The van der Waals surface area contributed by atoms with Crippen LogP contribution in [0.1, 0.15) is 12.1 Å². The van der Waals surface area contributed by atoms with Crippen LogP contribution in [0.4, 0.5) is 0 Å². The Hall–Kier alpha value is -0.930. The number of aromatic nitrogens is 1. The monoisotopic (exact) mass is 264 g/mol. The van der Waals surface area contributed by atoms with E-state index in [1.807, 2.05) is 18.2 Å². The quantitative estimate of drug-likeness (QED) is 0.926. The number of hydrogen-bond acceptors (Lipinski definition) is 2. The van der Waals surface area contributed by atoms with Crippen molar-refractivity contribution in [2.75, 3.05) is 6.54 Å². The maximum Gasteiger partial charge on any atom is 0.0706 e. The summed E-state index contributed by atoms with van der Waals surface area (Å²) in [7, 11) is 0. The third kappa shape index (κ3) is 2.36. The molecule has 2 nitrogen and oxygen atoms in total. The Morgan fingerprint density at radius 2 is 2.07 bits per heavy atom. The average Bonchev–Trinajstić information content (AvgIpc) is 2.26. The van der Waals surface area contributed by atoms with E-state index >= 15 is 0 Å². The third-order valence-electron chi connectivity index (χ3n) is 2.37. The molecule has 2 N–H and O–H groups in total. The smallest absolute Gasteiger partial charge is 0.0706 e. The normalized spacial score (nSPS) is 10.8. The fourth-order valence-electron chi connectivity index (χ4n) is 1.57. The summed E-state index contributed by atoms with van der Waals surface area (Å²) in [5, 5.41) is 1.17. The molecule has 1 aromatic heterocycles. The van der Waals surface area contributed by atoms with Crippen molar-refractivity contribution >= 4 is 26.8 Å². The first-order valence-corrected chi connectivity index (χ1v) is 5.85. The van der Waals surface area contributed by atoms with Crippen LogP contribution in [0.3, 0.4) is 0 Å². The Bertz CT molecular complexity index is 468. The van der Waals surface area contributed by atoms with Crippen LogP contribution in [0.2, 0.25) is 0 Å². The van der Waals surface area contributed by atoms with Gasteiger partial charge in [-0.1, -0.05) is 18.2 Å². The number of nitrogens with zero attached hydrogens (tertiary/aromatic N) is 1. The number of para-hydroxylation sites is 1. The van der Waals surface area contributed by atoms with Gasteiger partial charge in [-0.2, -0.15) is 0 Å². The predicted octanol–water partition coefficient (Wildman–Crippen LogP) is 2.89. The molecule has 15 heavy (non-hydrogen) atoms. The van der Waals surface area contributed by atoms with Crippen molar-refractivity contribution in [1.82, 2.24) is 4.98 Å². The Kier molecular flexibility index (Phi) is 3.34. The number of pyridine rings is 1. The number of fused-ring (bicyclic) bond motifs is 1. The molecule has 0 amide bonds. The maximum absolute atomic E-state index is 5.50. The van der Waals surface area contributed by atoms with Gasteiger partial charge in [0, 0.05) is 9.86 Å². The van der Waals surface area contributed by atoms with Crippen LogP contribution < -0.4 is 5.73 Å². The minimum absolute atomic E-state index is 0.709. The van der Waals surface area contributed by atoms with E-state index < -0.39 is 0 Å². The molecule has 1 aromatic carbocycles. The van der Waals surface area contributed by atoms with Gasteiger partial charge in [0.1, 0.15) is 0 Å². The Morgan fingerprint density at radius 3 is 2.87 bits per heavy atom. The summed E-state index contributed by atoms with van der Waals surface area (Å²) in [6, 6.07) is 10.3. The van der Waals surface area contributed by atoms with Crippen molar-refractivity contribution < 1.29 is 0 Å². The van der Waals surface area contributed by atoms with Gasteiger partial charge >= 0.3 is 0 Å². The molecule has 0 bridgehead atoms. The van der Waals surface area contributed by atoms with Crippen molar-refractivity contribution in [3.8, 4) is 0 Å². The molecule has 0 aliphatic heterocycles. The summed E-state index contributed by atoms with van der Waals surface area (Å²) < 4.78 is 1.08. The molecule has 2 aromatic rings. The Balaban J connectivity index is 2.43. The zero-order valence-corrected chi connectivity index (χ0v) is 10.00. The van der Waals surface area contributed by atoms with E-state index in [-0.39, 0.29) is 0 Å². The fraction of sp³-hybridized carbons (Fsp3) is 0.250. The summed E-state index contributed by atoms with van der Waals surface area (Å²) in [6.07, 6.45) is 1.91. The van der Waals surface area contributed by atoms with Gasteiger partial charge in [-0.3, -0.25) is 4.98 Å². The fourth-order valence-corrected chi connectivity index (χ4v) is 2.11. The van der Waals surface area contributed by atoms with Gasteiger partial charge in [0.2, 0.25) is 0 Å². The molecule has 1 heterocycles. The lowest BCUT2D eigenvalue weighted by Gasteiger charge is -2.05. The standard InChI is InChI=1S/C12H13BrN2/c13-10-8-9-4-1-2-5-11(9)15-12(10)6-3-7-14/h1-2,4-5,8H,3,6-7,14H2. The highest BCUT2D eigenvalue weighted by Crippen LogP contribution is 2.22. The molecule has 0 saturated carbocycles. The van der Waals surface area contributed by atoms with Crippen LogP contribution in [-0.4, -0.2) is 11.5 Å². The summed E-state index contributed by atoms with van der Waals surface area (Å²) >= 11 is 3.54. The third-order valence-corrected chi connectivity index (χ3v) is 3.05. The number of nitrogens with two attached hydrogens (primary N) is 1. The molecule has 0 radical (unpaired) electrons. The minimum atomic E-state index is 0.709. The molecule has 0 aliphatic carbocycles. The van der Waals surface area contributed by atoms with Gasteiger partial charge < -0.3 is 5.73 Å². The second-order valence-corrected chi connectivity index (χ2v) is 4.36. The van der Waals surface area contributed by atoms with E-state index in [9.17, 15) is 0 Å². The Morgan fingerprint density at radius 1 is 1.27 bits per heavy atom. The second kappa shape index (κ2) is 4.73. The SMILES string of the molecule is NCCCc1nc2ccccc2cc1Br. The number of benzene rings is 1. The zero-order chi connectivity index (χ0) is 10.7. The van der Waals surface area contributed by atoms with Crippen molar-refractivity contribution in [2.45, 2.75) is 12.8 Å². The molecule has 78 valence electrons. The molecular weight excluding hydrogens is 252 g/mol. The van der Waals surface area contributed by atoms with Crippen LogP contribution >= 0.6 is 15.9 Å². The van der Waals surface area contributed by atoms with E-state index in [0.717, 1.165) is 28.5 Å². The predicted molar refractivity (Wildman–Crippen MR) is 66.8 cm³/mol. The molecule has 0 aliphatic rings. The van der Waals surface area contributed by atoms with E-state index in [0.29, 0.717) is 6.54 Å². The first kappa shape index (κ1) is 10.6. The topological polar surface area (TPSA) is 38.9 Å². The van der Waals surface area contributed by atoms with Gasteiger partial charge in [-0.15, -0.1) is 0 Å². The van der Waals surface area contributed by atoms with Crippen LogP contribution in [-0.2, 0) is 6.42 Å². The first-order chi connectivity index (χ1) is 7.31. The van der Waals surface area contributed by atoms with Gasteiger partial charge in [-0.25, -0.2) is 0 Å². The van der Waals surface area contributed by atoms with Crippen LogP contribution in [0, 0.1) is 0 Å².